The molecule has 2 aromatic rings. The predicted octanol–water partition coefficient (Wildman–Crippen LogP) is 2.39. The molecule has 0 fully saturated rings. The molecule has 0 aromatic heterocycles. The third-order valence-electron chi connectivity index (χ3n) is 3.10. The van der Waals surface area contributed by atoms with E-state index in [2.05, 4.69) is 0 Å². The maximum Gasteiger partial charge on any atom is 0.339 e. The lowest BCUT2D eigenvalue weighted by atomic mass is 10.1. The molecule has 0 saturated heterocycles. The fraction of sp³-hybridized carbons (Fsp3) is 0.188. The van der Waals surface area contributed by atoms with Crippen LogP contribution in [0, 0.1) is 6.92 Å². The Morgan fingerprint density at radius 1 is 1.05 bits per heavy atom. The molecule has 0 amide bonds. The van der Waals surface area contributed by atoms with Crippen molar-refractivity contribution >= 4 is 15.9 Å². The molecule has 0 bridgehead atoms. The first-order chi connectivity index (χ1) is 10.3. The summed E-state index contributed by atoms with van der Waals surface area (Å²) in [6.07, 6.45) is -1.22. The molecule has 0 aliphatic heterocycles. The van der Waals surface area contributed by atoms with E-state index in [-0.39, 0.29) is 16.4 Å². The number of carbonyl (C=O) groups is 1. The molecule has 1 atom stereocenters. The van der Waals surface area contributed by atoms with Gasteiger partial charge in [-0.2, -0.15) is 8.42 Å². The molecular weight excluding hydrogens is 304 g/mol. The second-order valence-corrected chi connectivity index (χ2v) is 6.48. The summed E-state index contributed by atoms with van der Waals surface area (Å²) in [5.74, 6) is -0.277. The van der Waals surface area contributed by atoms with Crippen LogP contribution in [-0.4, -0.2) is 19.3 Å². The maximum absolute atomic E-state index is 12.1. The Hall–Kier alpha value is -2.18. The number of hydrogen-bond donors (Lipinski definition) is 1. The van der Waals surface area contributed by atoms with E-state index < -0.39 is 16.2 Å². The van der Waals surface area contributed by atoms with Gasteiger partial charge in [-0.3, -0.25) is 4.79 Å². The summed E-state index contributed by atoms with van der Waals surface area (Å²) < 4.78 is 29.3. The fourth-order valence-corrected chi connectivity index (χ4v) is 2.75. The lowest BCUT2D eigenvalue weighted by Crippen LogP contribution is -2.10. The van der Waals surface area contributed by atoms with Crippen LogP contribution in [0.1, 0.15) is 24.2 Å². The average molecular weight is 320 g/mol. The van der Waals surface area contributed by atoms with Gasteiger partial charge in [-0.05, 0) is 43.7 Å². The fourth-order valence-electron chi connectivity index (χ4n) is 1.82. The number of benzene rings is 2. The van der Waals surface area contributed by atoms with Gasteiger partial charge in [-0.15, -0.1) is 0 Å². The standard InChI is InChI=1S/C16H16O5S/c1-11-3-9-15(10-4-11)22(19,20)21-14-7-5-13(6-8-14)16(18)12(2)17/h3-10,16,18H,1-2H3. The van der Waals surface area contributed by atoms with E-state index in [1.807, 2.05) is 6.92 Å². The summed E-state index contributed by atoms with van der Waals surface area (Å²) in [7, 11) is -3.91. The van der Waals surface area contributed by atoms with Crippen LogP contribution in [0.25, 0.3) is 0 Å². The first-order valence-electron chi connectivity index (χ1n) is 6.59. The van der Waals surface area contributed by atoms with Gasteiger partial charge in [0, 0.05) is 0 Å². The topological polar surface area (TPSA) is 80.7 Å². The number of hydrogen-bond acceptors (Lipinski definition) is 5. The number of aliphatic hydroxyl groups excluding tert-OH is 1. The van der Waals surface area contributed by atoms with Gasteiger partial charge in [0.1, 0.15) is 16.7 Å². The molecule has 116 valence electrons. The average Bonchev–Trinajstić information content (AvgIpc) is 2.47. The Labute approximate surface area is 129 Å². The third-order valence-corrected chi connectivity index (χ3v) is 4.36. The predicted molar refractivity (Wildman–Crippen MR) is 81.1 cm³/mol. The molecule has 1 unspecified atom stereocenters. The zero-order chi connectivity index (χ0) is 16.3. The van der Waals surface area contributed by atoms with E-state index in [4.69, 9.17) is 4.18 Å². The molecule has 0 spiro atoms. The van der Waals surface area contributed by atoms with E-state index in [9.17, 15) is 18.3 Å². The number of aryl methyl sites for hydroxylation is 1. The Bertz CT molecular complexity index is 761. The van der Waals surface area contributed by atoms with Crippen molar-refractivity contribution in [3.05, 3.63) is 59.7 Å². The van der Waals surface area contributed by atoms with Crippen molar-refractivity contribution in [2.24, 2.45) is 0 Å². The van der Waals surface area contributed by atoms with Crippen molar-refractivity contribution in [2.45, 2.75) is 24.8 Å². The van der Waals surface area contributed by atoms with Crippen LogP contribution < -0.4 is 4.18 Å². The zero-order valence-corrected chi connectivity index (χ0v) is 13.0. The smallest absolute Gasteiger partial charge is 0.339 e. The van der Waals surface area contributed by atoms with Gasteiger partial charge in [-0.25, -0.2) is 0 Å². The highest BCUT2D eigenvalue weighted by Gasteiger charge is 2.17. The van der Waals surface area contributed by atoms with Gasteiger partial charge in [0.15, 0.2) is 5.78 Å². The largest absolute Gasteiger partial charge is 0.381 e. The molecular formula is C16H16O5S. The lowest BCUT2D eigenvalue weighted by molar-refractivity contribution is -0.125. The second-order valence-electron chi connectivity index (χ2n) is 4.93. The van der Waals surface area contributed by atoms with Crippen LogP contribution in [0.15, 0.2) is 53.4 Å². The minimum atomic E-state index is -3.91. The Kier molecular flexibility index (Phi) is 4.63. The summed E-state index contributed by atoms with van der Waals surface area (Å²) in [5.41, 5.74) is 1.33. The number of carbonyl (C=O) groups excluding carboxylic acids is 1. The molecule has 2 rings (SSSR count). The third kappa shape index (κ3) is 3.72. The highest BCUT2D eigenvalue weighted by molar-refractivity contribution is 7.87. The van der Waals surface area contributed by atoms with Gasteiger partial charge in [0.05, 0.1) is 0 Å². The molecule has 6 heteroatoms. The van der Waals surface area contributed by atoms with Gasteiger partial charge in [0.25, 0.3) is 0 Å². The normalized spacial score (nSPS) is 12.7. The van der Waals surface area contributed by atoms with Crippen LogP contribution in [-0.2, 0) is 14.9 Å². The van der Waals surface area contributed by atoms with Crippen LogP contribution in [0.3, 0.4) is 0 Å². The summed E-state index contributed by atoms with van der Waals surface area (Å²) in [6.45, 7) is 3.13. The van der Waals surface area contributed by atoms with Crippen LogP contribution in [0.4, 0.5) is 0 Å². The molecule has 0 aliphatic rings. The number of ketones is 1. The molecule has 5 nitrogen and oxygen atoms in total. The number of rotatable bonds is 5. The van der Waals surface area contributed by atoms with Crippen molar-refractivity contribution < 1.29 is 22.5 Å². The number of aliphatic hydroxyl groups is 1. The van der Waals surface area contributed by atoms with Gasteiger partial charge in [-0.1, -0.05) is 29.8 Å². The Balaban J connectivity index is 2.20. The maximum atomic E-state index is 12.1. The zero-order valence-electron chi connectivity index (χ0n) is 12.2. The van der Waals surface area contributed by atoms with Gasteiger partial charge < -0.3 is 9.29 Å². The quantitative estimate of drug-likeness (QED) is 0.856. The molecule has 0 aliphatic carbocycles. The van der Waals surface area contributed by atoms with Crippen molar-refractivity contribution in [1.29, 1.82) is 0 Å². The lowest BCUT2D eigenvalue weighted by Gasteiger charge is -2.10. The van der Waals surface area contributed by atoms with Crippen molar-refractivity contribution in [1.82, 2.24) is 0 Å². The summed E-state index contributed by atoms with van der Waals surface area (Å²) >= 11 is 0. The highest BCUT2D eigenvalue weighted by Crippen LogP contribution is 2.22. The second kappa shape index (κ2) is 6.29. The molecule has 2 aromatic carbocycles. The molecule has 0 radical (unpaired) electrons. The SMILES string of the molecule is CC(=O)C(O)c1ccc(OS(=O)(=O)c2ccc(C)cc2)cc1. The van der Waals surface area contributed by atoms with E-state index >= 15 is 0 Å². The monoisotopic (exact) mass is 320 g/mol. The molecule has 22 heavy (non-hydrogen) atoms. The minimum absolute atomic E-state index is 0.0611. The van der Waals surface area contributed by atoms with Crippen LogP contribution >= 0.6 is 0 Å². The van der Waals surface area contributed by atoms with Gasteiger partial charge in [0.2, 0.25) is 0 Å². The summed E-state index contributed by atoms with van der Waals surface area (Å²) in [5, 5.41) is 9.62. The first-order valence-corrected chi connectivity index (χ1v) is 8.00. The molecule has 0 heterocycles. The van der Waals surface area contributed by atoms with E-state index in [1.54, 1.807) is 12.1 Å². The molecule has 0 saturated carbocycles. The Morgan fingerprint density at radius 3 is 2.09 bits per heavy atom. The van der Waals surface area contributed by atoms with Crippen molar-refractivity contribution in [2.75, 3.05) is 0 Å². The van der Waals surface area contributed by atoms with Crippen molar-refractivity contribution in [3.63, 3.8) is 0 Å². The summed E-state index contributed by atoms with van der Waals surface area (Å²) in [4.78, 5) is 11.2. The summed E-state index contributed by atoms with van der Waals surface area (Å²) in [6, 6.07) is 12.0. The molecule has 1 N–H and O–H groups in total. The van der Waals surface area contributed by atoms with E-state index in [1.165, 1.54) is 43.3 Å². The first kappa shape index (κ1) is 16.2. The minimum Gasteiger partial charge on any atom is -0.381 e. The van der Waals surface area contributed by atoms with E-state index in [0.29, 0.717) is 5.56 Å². The van der Waals surface area contributed by atoms with Gasteiger partial charge >= 0.3 is 10.1 Å². The van der Waals surface area contributed by atoms with Crippen LogP contribution in [0.2, 0.25) is 0 Å². The highest BCUT2D eigenvalue weighted by atomic mass is 32.2. The van der Waals surface area contributed by atoms with Crippen molar-refractivity contribution in [3.8, 4) is 5.75 Å². The number of Topliss-reactive ketones (excluding diaryl/α,β-unsaturated/α-hetero) is 1. The van der Waals surface area contributed by atoms with Crippen LogP contribution in [0.5, 0.6) is 5.75 Å². The van der Waals surface area contributed by atoms with E-state index in [0.717, 1.165) is 5.56 Å². The Morgan fingerprint density at radius 2 is 1.59 bits per heavy atom.